The summed E-state index contributed by atoms with van der Waals surface area (Å²) in [5, 5.41) is 13.3. The van der Waals surface area contributed by atoms with Crippen molar-refractivity contribution in [1.29, 1.82) is 0 Å². The molecule has 2 aromatic rings. The Morgan fingerprint density at radius 1 is 1.50 bits per heavy atom. The topological polar surface area (TPSA) is 46.3 Å². The third-order valence-electron chi connectivity index (χ3n) is 2.69. The minimum absolute atomic E-state index is 0.0347. The van der Waals surface area contributed by atoms with Gasteiger partial charge in [0.15, 0.2) is 5.22 Å². The first-order valence-corrected chi connectivity index (χ1v) is 6.99. The summed E-state index contributed by atoms with van der Waals surface area (Å²) in [6, 6.07) is 1.69. The van der Waals surface area contributed by atoms with Crippen LogP contribution in [0.3, 0.4) is 0 Å². The Morgan fingerprint density at radius 3 is 2.72 bits per heavy atom. The van der Waals surface area contributed by atoms with Gasteiger partial charge in [-0.25, -0.2) is 4.98 Å². The van der Waals surface area contributed by atoms with Gasteiger partial charge in [-0.15, -0.1) is 11.3 Å². The number of nitrogens with zero attached hydrogens (tertiary/aromatic N) is 1. The lowest BCUT2D eigenvalue weighted by Crippen LogP contribution is -2.11. The minimum Gasteiger partial charge on any atom is -0.453 e. The van der Waals surface area contributed by atoms with Crippen LogP contribution in [0, 0.1) is 0 Å². The molecule has 0 aliphatic carbocycles. The van der Waals surface area contributed by atoms with Crippen LogP contribution in [0.25, 0.3) is 0 Å². The van der Waals surface area contributed by atoms with Crippen molar-refractivity contribution in [3.8, 4) is 0 Å². The van der Waals surface area contributed by atoms with Gasteiger partial charge >= 0.3 is 0 Å². The van der Waals surface area contributed by atoms with Crippen LogP contribution < -0.4 is 0 Å². The van der Waals surface area contributed by atoms with Crippen LogP contribution in [-0.2, 0) is 11.8 Å². The molecular formula is C13H16ClNO2S. The number of hydrogen-bond acceptors (Lipinski definition) is 4. The van der Waals surface area contributed by atoms with Crippen molar-refractivity contribution in [2.24, 2.45) is 0 Å². The Bertz CT molecular complexity index is 527. The van der Waals surface area contributed by atoms with Crippen molar-refractivity contribution < 1.29 is 9.52 Å². The monoisotopic (exact) mass is 285 g/mol. The molecule has 2 rings (SSSR count). The molecule has 1 atom stereocenters. The quantitative estimate of drug-likeness (QED) is 0.928. The van der Waals surface area contributed by atoms with E-state index >= 15 is 0 Å². The number of aliphatic hydroxyl groups excluding tert-OH is 1. The summed E-state index contributed by atoms with van der Waals surface area (Å²) in [4.78, 5) is 4.55. The Kier molecular flexibility index (Phi) is 3.80. The number of furan rings is 1. The molecule has 1 N–H and O–H groups in total. The van der Waals surface area contributed by atoms with Gasteiger partial charge in [-0.05, 0) is 17.7 Å². The Hall–Kier alpha value is -0.840. The lowest BCUT2D eigenvalue weighted by atomic mass is 9.93. The Labute approximate surface area is 115 Å². The molecule has 0 aromatic carbocycles. The van der Waals surface area contributed by atoms with E-state index in [2.05, 4.69) is 25.8 Å². The standard InChI is InChI=1S/C13H16ClNO2S/c1-13(2,3)10-7-18-11(15-10)6-9(16)8-4-5-17-12(8)14/h4-5,7,9,16H,6H2,1-3H3. The first-order valence-electron chi connectivity index (χ1n) is 5.74. The number of hydrogen-bond donors (Lipinski definition) is 1. The lowest BCUT2D eigenvalue weighted by molar-refractivity contribution is 0.177. The lowest BCUT2D eigenvalue weighted by Gasteiger charge is -2.14. The second kappa shape index (κ2) is 5.03. The van der Waals surface area contributed by atoms with E-state index in [1.807, 2.05) is 5.38 Å². The molecule has 0 radical (unpaired) electrons. The third kappa shape index (κ3) is 2.94. The van der Waals surface area contributed by atoms with Crippen molar-refractivity contribution in [3.05, 3.63) is 39.2 Å². The Morgan fingerprint density at radius 2 is 2.22 bits per heavy atom. The number of rotatable bonds is 3. The summed E-state index contributed by atoms with van der Waals surface area (Å²) in [7, 11) is 0. The highest BCUT2D eigenvalue weighted by atomic mass is 35.5. The van der Waals surface area contributed by atoms with E-state index in [9.17, 15) is 5.11 Å². The van der Waals surface area contributed by atoms with Gasteiger partial charge in [-0.2, -0.15) is 0 Å². The maximum atomic E-state index is 10.1. The summed E-state index contributed by atoms with van der Waals surface area (Å²) in [5.41, 5.74) is 1.70. The molecule has 2 aromatic heterocycles. The maximum absolute atomic E-state index is 10.1. The molecule has 0 aliphatic heterocycles. The highest BCUT2D eigenvalue weighted by molar-refractivity contribution is 7.09. The second-order valence-corrected chi connectivity index (χ2v) is 6.53. The highest BCUT2D eigenvalue weighted by Gasteiger charge is 2.20. The smallest absolute Gasteiger partial charge is 0.198 e. The zero-order valence-electron chi connectivity index (χ0n) is 10.6. The van der Waals surface area contributed by atoms with E-state index in [1.165, 1.54) is 6.26 Å². The zero-order valence-corrected chi connectivity index (χ0v) is 12.2. The van der Waals surface area contributed by atoms with Crippen molar-refractivity contribution in [1.82, 2.24) is 4.98 Å². The zero-order chi connectivity index (χ0) is 13.3. The SMILES string of the molecule is CC(C)(C)c1csc(CC(O)c2ccoc2Cl)n1. The second-order valence-electron chi connectivity index (χ2n) is 5.25. The predicted molar refractivity (Wildman–Crippen MR) is 73.2 cm³/mol. The fraction of sp³-hybridized carbons (Fsp3) is 0.462. The molecule has 0 saturated heterocycles. The number of aliphatic hydroxyl groups is 1. The normalized spacial score (nSPS) is 13.8. The van der Waals surface area contributed by atoms with Crippen molar-refractivity contribution in [2.45, 2.75) is 38.7 Å². The average molecular weight is 286 g/mol. The van der Waals surface area contributed by atoms with E-state index in [0.29, 0.717) is 12.0 Å². The van der Waals surface area contributed by atoms with Crippen LogP contribution >= 0.6 is 22.9 Å². The van der Waals surface area contributed by atoms with Crippen molar-refractivity contribution in [2.75, 3.05) is 0 Å². The van der Waals surface area contributed by atoms with Crippen molar-refractivity contribution >= 4 is 22.9 Å². The van der Waals surface area contributed by atoms with Crippen LogP contribution in [-0.4, -0.2) is 10.1 Å². The molecule has 0 saturated carbocycles. The van der Waals surface area contributed by atoms with Gasteiger partial charge < -0.3 is 9.52 Å². The maximum Gasteiger partial charge on any atom is 0.198 e. The van der Waals surface area contributed by atoms with Crippen LogP contribution in [0.15, 0.2) is 22.1 Å². The van der Waals surface area contributed by atoms with Gasteiger partial charge in [0.05, 0.1) is 23.1 Å². The molecule has 98 valence electrons. The summed E-state index contributed by atoms with van der Waals surface area (Å²) in [6.45, 7) is 6.36. The molecular weight excluding hydrogens is 270 g/mol. The Balaban J connectivity index is 2.11. The van der Waals surface area contributed by atoms with E-state index in [4.69, 9.17) is 16.0 Å². The molecule has 0 bridgehead atoms. The molecule has 0 spiro atoms. The molecule has 18 heavy (non-hydrogen) atoms. The molecule has 0 amide bonds. The highest BCUT2D eigenvalue weighted by Crippen LogP contribution is 2.29. The fourth-order valence-corrected chi connectivity index (χ4v) is 2.87. The minimum atomic E-state index is -0.671. The van der Waals surface area contributed by atoms with Gasteiger partial charge in [-0.1, -0.05) is 20.8 Å². The van der Waals surface area contributed by atoms with E-state index in [1.54, 1.807) is 17.4 Å². The van der Waals surface area contributed by atoms with Crippen molar-refractivity contribution in [3.63, 3.8) is 0 Å². The number of halogens is 1. The number of aromatic nitrogens is 1. The first-order chi connectivity index (χ1) is 8.38. The predicted octanol–water partition coefficient (Wildman–Crippen LogP) is 3.96. The first kappa shape index (κ1) is 13.6. The molecule has 1 unspecified atom stereocenters. The van der Waals surface area contributed by atoms with Gasteiger partial charge in [0.1, 0.15) is 0 Å². The van der Waals surface area contributed by atoms with Crippen LogP contribution in [0.2, 0.25) is 5.22 Å². The fourth-order valence-electron chi connectivity index (χ4n) is 1.57. The van der Waals surface area contributed by atoms with E-state index < -0.39 is 6.10 Å². The molecule has 0 fully saturated rings. The summed E-state index contributed by atoms with van der Waals surface area (Å²) < 4.78 is 4.97. The van der Waals surface area contributed by atoms with Gasteiger partial charge in [0.25, 0.3) is 0 Å². The summed E-state index contributed by atoms with van der Waals surface area (Å²) in [5.74, 6) is 0. The summed E-state index contributed by atoms with van der Waals surface area (Å²) in [6.07, 6.45) is 1.26. The van der Waals surface area contributed by atoms with E-state index in [0.717, 1.165) is 10.7 Å². The number of thiazole rings is 1. The van der Waals surface area contributed by atoms with Crippen LogP contribution in [0.5, 0.6) is 0 Å². The largest absolute Gasteiger partial charge is 0.453 e. The van der Waals surface area contributed by atoms with Gasteiger partial charge in [0, 0.05) is 22.8 Å². The van der Waals surface area contributed by atoms with Crippen LogP contribution in [0.4, 0.5) is 0 Å². The molecule has 3 nitrogen and oxygen atoms in total. The molecule has 2 heterocycles. The molecule has 5 heteroatoms. The van der Waals surface area contributed by atoms with Gasteiger partial charge in [0.2, 0.25) is 0 Å². The molecule has 0 aliphatic rings. The van der Waals surface area contributed by atoms with Gasteiger partial charge in [-0.3, -0.25) is 0 Å². The van der Waals surface area contributed by atoms with E-state index in [-0.39, 0.29) is 10.6 Å². The van der Waals surface area contributed by atoms with Crippen LogP contribution in [0.1, 0.15) is 43.1 Å². The average Bonchev–Trinajstić information content (AvgIpc) is 2.85. The summed E-state index contributed by atoms with van der Waals surface area (Å²) >= 11 is 7.40. The third-order valence-corrected chi connectivity index (χ3v) is 3.87.